The number of hydrogen-bond donors (Lipinski definition) is 1. The van der Waals surface area contributed by atoms with Gasteiger partial charge in [-0.25, -0.2) is 9.97 Å². The molecule has 0 aliphatic carbocycles. The van der Waals surface area contributed by atoms with Gasteiger partial charge in [-0.3, -0.25) is 0 Å². The van der Waals surface area contributed by atoms with Crippen molar-refractivity contribution in [1.29, 1.82) is 0 Å². The molecule has 0 bridgehead atoms. The van der Waals surface area contributed by atoms with Gasteiger partial charge in [-0.1, -0.05) is 36.4 Å². The second-order valence-electron chi connectivity index (χ2n) is 7.11. The van der Waals surface area contributed by atoms with Gasteiger partial charge < -0.3 is 24.3 Å². The first-order valence-corrected chi connectivity index (χ1v) is 10.4. The van der Waals surface area contributed by atoms with Gasteiger partial charge in [-0.15, -0.1) is 0 Å². The van der Waals surface area contributed by atoms with Crippen LogP contribution in [0.3, 0.4) is 0 Å². The summed E-state index contributed by atoms with van der Waals surface area (Å²) < 4.78 is 22.2. The Hall–Kier alpha value is -4.26. The molecule has 0 aliphatic rings. The van der Waals surface area contributed by atoms with Gasteiger partial charge in [-0.2, -0.15) is 0 Å². The summed E-state index contributed by atoms with van der Waals surface area (Å²) in [7, 11) is 4.74. The maximum absolute atomic E-state index is 5.92. The number of ether oxygens (including phenoxy) is 4. The van der Waals surface area contributed by atoms with Gasteiger partial charge in [0.05, 0.1) is 27.0 Å². The Morgan fingerprint density at radius 1 is 0.788 bits per heavy atom. The van der Waals surface area contributed by atoms with Crippen molar-refractivity contribution in [2.45, 2.75) is 6.61 Å². The zero-order valence-electron chi connectivity index (χ0n) is 18.7. The molecule has 4 rings (SSSR count). The van der Waals surface area contributed by atoms with Crippen molar-refractivity contribution in [3.63, 3.8) is 0 Å². The Bertz CT molecular complexity index is 1190. The maximum Gasteiger partial charge on any atom is 0.227 e. The highest BCUT2D eigenvalue weighted by Gasteiger charge is 2.15. The number of nitrogens with zero attached hydrogens (tertiary/aromatic N) is 2. The van der Waals surface area contributed by atoms with Crippen LogP contribution in [0.15, 0.2) is 79.0 Å². The molecular weight excluding hydrogens is 418 g/mol. The smallest absolute Gasteiger partial charge is 0.227 e. The van der Waals surface area contributed by atoms with E-state index in [9.17, 15) is 0 Å². The highest BCUT2D eigenvalue weighted by Crippen LogP contribution is 2.40. The molecule has 0 atom stereocenters. The maximum atomic E-state index is 5.92. The number of nitrogens with one attached hydrogen (secondary N) is 1. The van der Waals surface area contributed by atoms with Crippen molar-refractivity contribution < 1.29 is 18.9 Å². The molecule has 0 saturated carbocycles. The van der Waals surface area contributed by atoms with Crippen LogP contribution in [0, 0.1) is 0 Å². The molecule has 7 nitrogen and oxygen atoms in total. The third-order valence-electron chi connectivity index (χ3n) is 4.95. The molecule has 4 aromatic rings. The zero-order chi connectivity index (χ0) is 23.0. The average molecular weight is 444 g/mol. The molecule has 0 fully saturated rings. The lowest BCUT2D eigenvalue weighted by atomic mass is 10.1. The Morgan fingerprint density at radius 3 is 2.24 bits per heavy atom. The van der Waals surface area contributed by atoms with Crippen molar-refractivity contribution in [2.75, 3.05) is 26.6 Å². The SMILES string of the molecule is COc1cc(-c2ccnc(Nc3cccc(OCc4ccccc4)c3)n2)cc(OC)c1OC. The Balaban J connectivity index is 1.53. The van der Waals surface area contributed by atoms with Crippen LogP contribution < -0.4 is 24.3 Å². The van der Waals surface area contributed by atoms with Crippen LogP contribution in [0.1, 0.15) is 5.56 Å². The molecule has 0 aliphatic heterocycles. The van der Waals surface area contributed by atoms with Crippen molar-refractivity contribution in [3.8, 4) is 34.3 Å². The van der Waals surface area contributed by atoms with E-state index in [0.29, 0.717) is 35.5 Å². The lowest BCUT2D eigenvalue weighted by Crippen LogP contribution is -2.00. The van der Waals surface area contributed by atoms with Crippen molar-refractivity contribution in [2.24, 2.45) is 0 Å². The largest absolute Gasteiger partial charge is 0.493 e. The van der Waals surface area contributed by atoms with E-state index in [1.54, 1.807) is 27.5 Å². The molecule has 0 amide bonds. The highest BCUT2D eigenvalue weighted by atomic mass is 16.5. The van der Waals surface area contributed by atoms with Crippen LogP contribution in [0.4, 0.5) is 11.6 Å². The second kappa shape index (κ2) is 10.4. The summed E-state index contributed by atoms with van der Waals surface area (Å²) in [5, 5.41) is 3.24. The lowest BCUT2D eigenvalue weighted by molar-refractivity contribution is 0.306. The molecule has 1 N–H and O–H groups in total. The molecule has 33 heavy (non-hydrogen) atoms. The fourth-order valence-electron chi connectivity index (χ4n) is 3.34. The van der Waals surface area contributed by atoms with Crippen LogP contribution in [0.25, 0.3) is 11.3 Å². The van der Waals surface area contributed by atoms with Gasteiger partial charge in [0, 0.05) is 23.5 Å². The molecule has 1 heterocycles. The molecule has 0 radical (unpaired) electrons. The van der Waals surface area contributed by atoms with Gasteiger partial charge >= 0.3 is 0 Å². The van der Waals surface area contributed by atoms with Gasteiger partial charge in [0.1, 0.15) is 12.4 Å². The van der Waals surface area contributed by atoms with E-state index in [0.717, 1.165) is 22.6 Å². The van der Waals surface area contributed by atoms with Crippen molar-refractivity contribution in [1.82, 2.24) is 9.97 Å². The normalized spacial score (nSPS) is 10.4. The third-order valence-corrected chi connectivity index (χ3v) is 4.95. The van der Waals surface area contributed by atoms with Gasteiger partial charge in [-0.05, 0) is 35.9 Å². The number of hydrogen-bond acceptors (Lipinski definition) is 7. The monoisotopic (exact) mass is 443 g/mol. The second-order valence-corrected chi connectivity index (χ2v) is 7.11. The van der Waals surface area contributed by atoms with Crippen LogP contribution >= 0.6 is 0 Å². The van der Waals surface area contributed by atoms with E-state index < -0.39 is 0 Å². The van der Waals surface area contributed by atoms with E-state index in [1.807, 2.05) is 72.8 Å². The van der Waals surface area contributed by atoms with Gasteiger partial charge in [0.2, 0.25) is 11.7 Å². The van der Waals surface area contributed by atoms with Crippen LogP contribution in [-0.4, -0.2) is 31.3 Å². The number of benzene rings is 3. The van der Waals surface area contributed by atoms with Gasteiger partial charge in [0.15, 0.2) is 11.5 Å². The minimum atomic E-state index is 0.460. The fourth-order valence-corrected chi connectivity index (χ4v) is 3.34. The fraction of sp³-hybridized carbons (Fsp3) is 0.154. The summed E-state index contributed by atoms with van der Waals surface area (Å²) in [5.41, 5.74) is 3.46. The quantitative estimate of drug-likeness (QED) is 0.366. The van der Waals surface area contributed by atoms with Crippen LogP contribution in [-0.2, 0) is 6.61 Å². The topological polar surface area (TPSA) is 74.7 Å². The summed E-state index contributed by atoms with van der Waals surface area (Å²) in [6, 6.07) is 23.3. The summed E-state index contributed by atoms with van der Waals surface area (Å²) in [4.78, 5) is 9.00. The molecule has 0 unspecified atom stereocenters. The number of aromatic nitrogens is 2. The summed E-state index contributed by atoms with van der Waals surface area (Å²) >= 11 is 0. The molecule has 1 aromatic heterocycles. The van der Waals surface area contributed by atoms with E-state index >= 15 is 0 Å². The van der Waals surface area contributed by atoms with Crippen molar-refractivity contribution in [3.05, 3.63) is 84.6 Å². The molecule has 3 aromatic carbocycles. The first-order chi connectivity index (χ1) is 16.2. The number of anilines is 2. The Labute approximate surface area is 193 Å². The Morgan fingerprint density at radius 2 is 1.55 bits per heavy atom. The van der Waals surface area contributed by atoms with Gasteiger partial charge in [0.25, 0.3) is 0 Å². The third kappa shape index (κ3) is 5.33. The predicted molar refractivity (Wildman–Crippen MR) is 128 cm³/mol. The van der Waals surface area contributed by atoms with E-state index in [-0.39, 0.29) is 0 Å². The predicted octanol–water partition coefficient (Wildman–Crippen LogP) is 5.49. The average Bonchev–Trinajstić information content (AvgIpc) is 2.87. The van der Waals surface area contributed by atoms with E-state index in [2.05, 4.69) is 15.3 Å². The number of methoxy groups -OCH3 is 3. The van der Waals surface area contributed by atoms with E-state index in [1.165, 1.54) is 0 Å². The Kier molecular flexibility index (Phi) is 6.90. The standard InChI is InChI=1S/C26H25N3O4/c1-30-23-14-19(15-24(31-2)25(23)32-3)22-12-13-27-26(29-22)28-20-10-7-11-21(16-20)33-17-18-8-5-4-6-9-18/h4-16H,17H2,1-3H3,(H,27,28,29). The molecule has 0 spiro atoms. The molecule has 7 heteroatoms. The van der Waals surface area contributed by atoms with Crippen LogP contribution in [0.2, 0.25) is 0 Å². The summed E-state index contributed by atoms with van der Waals surface area (Å²) in [6.45, 7) is 0.497. The summed E-state index contributed by atoms with van der Waals surface area (Å²) in [6.07, 6.45) is 1.70. The first kappa shape index (κ1) is 22.0. The van der Waals surface area contributed by atoms with Crippen LogP contribution in [0.5, 0.6) is 23.0 Å². The highest BCUT2D eigenvalue weighted by molar-refractivity contribution is 5.69. The minimum Gasteiger partial charge on any atom is -0.493 e. The summed E-state index contributed by atoms with van der Waals surface area (Å²) in [5.74, 6) is 2.86. The van der Waals surface area contributed by atoms with Crippen molar-refractivity contribution >= 4 is 11.6 Å². The van der Waals surface area contributed by atoms with E-state index in [4.69, 9.17) is 18.9 Å². The minimum absolute atomic E-state index is 0.460. The first-order valence-electron chi connectivity index (χ1n) is 10.4. The molecule has 168 valence electrons. The lowest BCUT2D eigenvalue weighted by Gasteiger charge is -2.14. The molecule has 0 saturated heterocycles. The molecular formula is C26H25N3O4. The number of rotatable bonds is 9. The zero-order valence-corrected chi connectivity index (χ0v) is 18.7.